The van der Waals surface area contributed by atoms with Crippen LogP contribution in [0.15, 0.2) is 42.5 Å². The van der Waals surface area contributed by atoms with E-state index in [0.717, 1.165) is 34.7 Å². The maximum Gasteiger partial charge on any atom is 0.121 e. The number of nitrogens with two attached hydrogens (primary N) is 1. The van der Waals surface area contributed by atoms with E-state index in [0.29, 0.717) is 5.69 Å². The molecule has 1 aromatic heterocycles. The molecule has 2 aromatic carbocycles. The Kier molecular flexibility index (Phi) is 3.06. The Bertz CT molecular complexity index is 762. The average Bonchev–Trinajstić information content (AvgIpc) is 2.75. The third-order valence-electron chi connectivity index (χ3n) is 3.41. The Morgan fingerprint density at radius 2 is 2.00 bits per heavy atom. The number of hydrogen-bond acceptors (Lipinski definition) is 3. The lowest BCUT2D eigenvalue weighted by atomic mass is 10.2. The zero-order chi connectivity index (χ0) is 14.1. The number of nitrogen functional groups attached to an aromatic ring is 1. The van der Waals surface area contributed by atoms with Crippen molar-refractivity contribution >= 4 is 16.7 Å². The smallest absolute Gasteiger partial charge is 0.121 e. The number of benzene rings is 2. The van der Waals surface area contributed by atoms with Gasteiger partial charge < -0.3 is 15.0 Å². The summed E-state index contributed by atoms with van der Waals surface area (Å²) in [6, 6.07) is 13.9. The summed E-state index contributed by atoms with van der Waals surface area (Å²) in [5, 5.41) is 0. The van der Waals surface area contributed by atoms with E-state index in [1.807, 2.05) is 43.3 Å². The standard InChI is InChI=1S/C16H17N3O/c1-11-18-15-5-3-4-6-16(15)19(11)10-12-7-13(17)9-14(8-12)20-2/h3-9H,10,17H2,1-2H3. The second-order valence-corrected chi connectivity index (χ2v) is 4.85. The molecule has 0 spiro atoms. The van der Waals surface area contributed by atoms with Crippen molar-refractivity contribution in [3.63, 3.8) is 0 Å². The van der Waals surface area contributed by atoms with Crippen LogP contribution in [0.1, 0.15) is 11.4 Å². The van der Waals surface area contributed by atoms with E-state index in [1.54, 1.807) is 7.11 Å². The first-order valence-electron chi connectivity index (χ1n) is 6.52. The van der Waals surface area contributed by atoms with Crippen LogP contribution >= 0.6 is 0 Å². The van der Waals surface area contributed by atoms with E-state index in [1.165, 1.54) is 0 Å². The van der Waals surface area contributed by atoms with Crippen LogP contribution in [0.25, 0.3) is 11.0 Å². The lowest BCUT2D eigenvalue weighted by molar-refractivity contribution is 0.414. The van der Waals surface area contributed by atoms with E-state index >= 15 is 0 Å². The van der Waals surface area contributed by atoms with Crippen LogP contribution in [-0.4, -0.2) is 16.7 Å². The van der Waals surface area contributed by atoms with Crippen LogP contribution in [-0.2, 0) is 6.54 Å². The number of hydrogen-bond donors (Lipinski definition) is 1. The van der Waals surface area contributed by atoms with Crippen LogP contribution in [0.3, 0.4) is 0 Å². The second-order valence-electron chi connectivity index (χ2n) is 4.85. The lowest BCUT2D eigenvalue weighted by Gasteiger charge is -2.10. The highest BCUT2D eigenvalue weighted by Gasteiger charge is 2.08. The van der Waals surface area contributed by atoms with E-state index in [2.05, 4.69) is 15.6 Å². The summed E-state index contributed by atoms with van der Waals surface area (Å²) in [5.41, 5.74) is 9.87. The minimum atomic E-state index is 0.710. The summed E-state index contributed by atoms with van der Waals surface area (Å²) in [5.74, 6) is 1.77. The van der Waals surface area contributed by atoms with Gasteiger partial charge in [-0.1, -0.05) is 12.1 Å². The number of imidazole rings is 1. The molecule has 0 atom stereocenters. The van der Waals surface area contributed by atoms with Gasteiger partial charge >= 0.3 is 0 Å². The molecule has 4 nitrogen and oxygen atoms in total. The number of para-hydroxylation sites is 2. The number of rotatable bonds is 3. The minimum Gasteiger partial charge on any atom is -0.497 e. The highest BCUT2D eigenvalue weighted by molar-refractivity contribution is 5.76. The molecule has 0 saturated heterocycles. The third kappa shape index (κ3) is 2.20. The van der Waals surface area contributed by atoms with Crippen molar-refractivity contribution in [3.8, 4) is 5.75 Å². The van der Waals surface area contributed by atoms with Crippen molar-refractivity contribution in [3.05, 3.63) is 53.9 Å². The molecule has 4 heteroatoms. The number of anilines is 1. The molecule has 0 saturated carbocycles. The molecule has 1 heterocycles. The van der Waals surface area contributed by atoms with Crippen molar-refractivity contribution in [2.75, 3.05) is 12.8 Å². The average molecular weight is 267 g/mol. The topological polar surface area (TPSA) is 53.1 Å². The van der Waals surface area contributed by atoms with Gasteiger partial charge in [0.25, 0.3) is 0 Å². The van der Waals surface area contributed by atoms with Crippen LogP contribution in [0.5, 0.6) is 5.75 Å². The van der Waals surface area contributed by atoms with Crippen LogP contribution in [0.4, 0.5) is 5.69 Å². The summed E-state index contributed by atoms with van der Waals surface area (Å²) >= 11 is 0. The van der Waals surface area contributed by atoms with Gasteiger partial charge in [0.05, 0.1) is 18.1 Å². The van der Waals surface area contributed by atoms with Crippen molar-refractivity contribution < 1.29 is 4.74 Å². The number of fused-ring (bicyclic) bond motifs is 1. The fourth-order valence-corrected chi connectivity index (χ4v) is 2.47. The van der Waals surface area contributed by atoms with Gasteiger partial charge in [-0.2, -0.15) is 0 Å². The van der Waals surface area contributed by atoms with Crippen molar-refractivity contribution in [2.24, 2.45) is 0 Å². The van der Waals surface area contributed by atoms with E-state index in [9.17, 15) is 0 Å². The molecule has 0 aliphatic carbocycles. The molecule has 0 fully saturated rings. The Morgan fingerprint density at radius 1 is 1.20 bits per heavy atom. The summed E-state index contributed by atoms with van der Waals surface area (Å²) in [7, 11) is 1.65. The maximum atomic E-state index is 5.91. The van der Waals surface area contributed by atoms with Gasteiger partial charge in [0.1, 0.15) is 11.6 Å². The molecule has 0 bridgehead atoms. The fourth-order valence-electron chi connectivity index (χ4n) is 2.47. The Labute approximate surface area is 117 Å². The molecule has 2 N–H and O–H groups in total. The highest BCUT2D eigenvalue weighted by atomic mass is 16.5. The SMILES string of the molecule is COc1cc(N)cc(Cn2c(C)nc3ccccc32)c1. The van der Waals surface area contributed by atoms with Crippen LogP contribution in [0.2, 0.25) is 0 Å². The van der Waals surface area contributed by atoms with Gasteiger partial charge in [0, 0.05) is 18.3 Å². The van der Waals surface area contributed by atoms with Crippen molar-refractivity contribution in [2.45, 2.75) is 13.5 Å². The molecule has 3 aromatic rings. The van der Waals surface area contributed by atoms with Gasteiger partial charge in [0.2, 0.25) is 0 Å². The van der Waals surface area contributed by atoms with Gasteiger partial charge in [-0.3, -0.25) is 0 Å². The number of ether oxygens (including phenoxy) is 1. The van der Waals surface area contributed by atoms with Crippen molar-refractivity contribution in [1.82, 2.24) is 9.55 Å². The molecule has 0 amide bonds. The fraction of sp³-hybridized carbons (Fsp3) is 0.188. The van der Waals surface area contributed by atoms with Gasteiger partial charge in [-0.15, -0.1) is 0 Å². The van der Waals surface area contributed by atoms with Gasteiger partial charge in [-0.25, -0.2) is 4.98 Å². The summed E-state index contributed by atoms with van der Waals surface area (Å²) in [6.45, 7) is 2.75. The highest BCUT2D eigenvalue weighted by Crippen LogP contribution is 2.22. The van der Waals surface area contributed by atoms with Gasteiger partial charge in [-0.05, 0) is 36.8 Å². The molecule has 20 heavy (non-hydrogen) atoms. The Balaban J connectivity index is 2.05. The number of nitrogens with zero attached hydrogens (tertiary/aromatic N) is 2. The third-order valence-corrected chi connectivity index (χ3v) is 3.41. The normalized spacial score (nSPS) is 10.9. The first kappa shape index (κ1) is 12.5. The molecule has 0 aliphatic heterocycles. The van der Waals surface area contributed by atoms with E-state index in [-0.39, 0.29) is 0 Å². The number of aromatic nitrogens is 2. The van der Waals surface area contributed by atoms with Crippen molar-refractivity contribution in [1.29, 1.82) is 0 Å². The summed E-state index contributed by atoms with van der Waals surface area (Å²) in [6.07, 6.45) is 0. The van der Waals surface area contributed by atoms with E-state index < -0.39 is 0 Å². The first-order valence-corrected chi connectivity index (χ1v) is 6.52. The molecular formula is C16H17N3O. The first-order chi connectivity index (χ1) is 9.67. The zero-order valence-corrected chi connectivity index (χ0v) is 11.6. The summed E-state index contributed by atoms with van der Waals surface area (Å²) in [4.78, 5) is 4.57. The number of aryl methyl sites for hydroxylation is 1. The summed E-state index contributed by atoms with van der Waals surface area (Å²) < 4.78 is 7.45. The molecule has 0 unspecified atom stereocenters. The second kappa shape index (κ2) is 4.89. The molecule has 102 valence electrons. The Hall–Kier alpha value is -2.49. The maximum absolute atomic E-state index is 5.91. The Morgan fingerprint density at radius 3 is 2.80 bits per heavy atom. The largest absolute Gasteiger partial charge is 0.497 e. The van der Waals surface area contributed by atoms with Crippen LogP contribution < -0.4 is 10.5 Å². The zero-order valence-electron chi connectivity index (χ0n) is 11.6. The minimum absolute atomic E-state index is 0.710. The predicted molar refractivity (Wildman–Crippen MR) is 81.0 cm³/mol. The molecular weight excluding hydrogens is 250 g/mol. The molecule has 0 aliphatic rings. The number of methoxy groups -OCH3 is 1. The van der Waals surface area contributed by atoms with E-state index in [4.69, 9.17) is 10.5 Å². The lowest BCUT2D eigenvalue weighted by Crippen LogP contribution is -2.03. The van der Waals surface area contributed by atoms with Gasteiger partial charge in [0.15, 0.2) is 0 Å². The quantitative estimate of drug-likeness (QED) is 0.742. The monoisotopic (exact) mass is 267 g/mol. The molecule has 3 rings (SSSR count). The molecule has 0 radical (unpaired) electrons. The van der Waals surface area contributed by atoms with Crippen LogP contribution in [0, 0.1) is 6.92 Å². The predicted octanol–water partition coefficient (Wildman–Crippen LogP) is 2.98.